The summed E-state index contributed by atoms with van der Waals surface area (Å²) < 4.78 is 0. The number of benzene rings is 1. The molecule has 0 aliphatic rings. The first-order valence-corrected chi connectivity index (χ1v) is 7.68. The summed E-state index contributed by atoms with van der Waals surface area (Å²) in [4.78, 5) is 12.7. The van der Waals surface area contributed by atoms with Gasteiger partial charge in [-0.2, -0.15) is 0 Å². The Morgan fingerprint density at radius 3 is 2.81 bits per heavy atom. The predicted octanol–water partition coefficient (Wildman–Crippen LogP) is 2.45. The summed E-state index contributed by atoms with van der Waals surface area (Å²) in [6.45, 7) is 0.437. The Bertz CT molecular complexity index is 638. The van der Waals surface area contributed by atoms with Crippen LogP contribution in [0.3, 0.4) is 0 Å². The second kappa shape index (κ2) is 8.25. The summed E-state index contributed by atoms with van der Waals surface area (Å²) in [5.74, 6) is 5.26. The van der Waals surface area contributed by atoms with Gasteiger partial charge in [-0.3, -0.25) is 4.79 Å². The molecule has 2 rings (SSSR count). The monoisotopic (exact) mass is 299 g/mol. The van der Waals surface area contributed by atoms with Crippen LogP contribution in [-0.4, -0.2) is 24.2 Å². The molecule has 108 valence electrons. The Morgan fingerprint density at radius 2 is 2.05 bits per heavy atom. The van der Waals surface area contributed by atoms with Crippen molar-refractivity contribution in [3.8, 4) is 11.8 Å². The average molecular weight is 299 g/mol. The van der Waals surface area contributed by atoms with Gasteiger partial charge in [-0.25, -0.2) is 0 Å². The van der Waals surface area contributed by atoms with Crippen molar-refractivity contribution < 1.29 is 9.90 Å². The minimum absolute atomic E-state index is 0.0969. The minimum atomic E-state index is -0.200. The van der Waals surface area contributed by atoms with Crippen molar-refractivity contribution in [3.63, 3.8) is 0 Å². The molecule has 0 bridgehead atoms. The lowest BCUT2D eigenvalue weighted by atomic mass is 10.1. The van der Waals surface area contributed by atoms with E-state index < -0.39 is 0 Å². The smallest absolute Gasteiger partial charge is 0.262 e. The highest BCUT2D eigenvalue weighted by molar-refractivity contribution is 7.12. The summed E-state index contributed by atoms with van der Waals surface area (Å²) in [7, 11) is 0. The maximum atomic E-state index is 12.1. The lowest BCUT2D eigenvalue weighted by Crippen LogP contribution is -2.24. The Labute approximate surface area is 128 Å². The van der Waals surface area contributed by atoms with E-state index in [1.807, 2.05) is 23.6 Å². The van der Waals surface area contributed by atoms with E-state index in [1.54, 1.807) is 6.07 Å². The molecule has 0 saturated heterocycles. The Hall–Kier alpha value is -2.09. The van der Waals surface area contributed by atoms with Gasteiger partial charge in [0.05, 0.1) is 0 Å². The van der Waals surface area contributed by atoms with Crippen molar-refractivity contribution in [3.05, 3.63) is 57.8 Å². The number of carbonyl (C=O) groups excluding carboxylic acids is 1. The van der Waals surface area contributed by atoms with Gasteiger partial charge in [-0.05, 0) is 29.9 Å². The van der Waals surface area contributed by atoms with E-state index in [1.165, 1.54) is 16.9 Å². The first-order chi connectivity index (χ1) is 10.3. The Kier molecular flexibility index (Phi) is 6.01. The van der Waals surface area contributed by atoms with Crippen molar-refractivity contribution in [2.45, 2.75) is 12.8 Å². The van der Waals surface area contributed by atoms with E-state index in [4.69, 9.17) is 5.11 Å². The fraction of sp³-hybridized carbons (Fsp3) is 0.235. The molecule has 3 nitrogen and oxygen atoms in total. The molecule has 2 aromatic rings. The van der Waals surface area contributed by atoms with Gasteiger partial charge >= 0.3 is 0 Å². The quantitative estimate of drug-likeness (QED) is 0.658. The topological polar surface area (TPSA) is 49.3 Å². The lowest BCUT2D eigenvalue weighted by Gasteiger charge is -2.04. The zero-order valence-corrected chi connectivity index (χ0v) is 12.5. The maximum Gasteiger partial charge on any atom is 0.262 e. The van der Waals surface area contributed by atoms with Gasteiger partial charge in [0.1, 0.15) is 11.5 Å². The summed E-state index contributed by atoms with van der Waals surface area (Å²) in [5, 5.41) is 13.5. The third-order valence-electron chi connectivity index (χ3n) is 2.94. The number of aryl methyl sites for hydroxylation is 1. The molecule has 21 heavy (non-hydrogen) atoms. The van der Waals surface area contributed by atoms with E-state index in [2.05, 4.69) is 29.3 Å². The van der Waals surface area contributed by atoms with Crippen LogP contribution in [0.25, 0.3) is 0 Å². The number of rotatable bonds is 5. The molecule has 1 heterocycles. The first kappa shape index (κ1) is 15.3. The zero-order valence-electron chi connectivity index (χ0n) is 11.6. The van der Waals surface area contributed by atoms with E-state index in [-0.39, 0.29) is 12.5 Å². The zero-order chi connectivity index (χ0) is 14.9. The van der Waals surface area contributed by atoms with Crippen molar-refractivity contribution >= 4 is 17.2 Å². The van der Waals surface area contributed by atoms with Crippen molar-refractivity contribution in [1.29, 1.82) is 0 Å². The molecule has 4 heteroatoms. The predicted molar refractivity (Wildman–Crippen MR) is 85.4 cm³/mol. The number of aliphatic hydroxyl groups is 1. The van der Waals surface area contributed by atoms with Gasteiger partial charge < -0.3 is 10.4 Å². The SMILES string of the molecule is O=C(NCCCc1ccccc1)c1sccc1C#CCO. The largest absolute Gasteiger partial charge is 0.384 e. The molecule has 1 aromatic carbocycles. The lowest BCUT2D eigenvalue weighted by molar-refractivity contribution is 0.0957. The number of hydrogen-bond acceptors (Lipinski definition) is 3. The number of aliphatic hydroxyl groups excluding tert-OH is 1. The van der Waals surface area contributed by atoms with Crippen molar-refractivity contribution in [2.24, 2.45) is 0 Å². The number of nitrogens with one attached hydrogen (secondary N) is 1. The second-order valence-corrected chi connectivity index (χ2v) is 5.38. The van der Waals surface area contributed by atoms with E-state index in [9.17, 15) is 4.79 Å². The maximum absolute atomic E-state index is 12.1. The molecule has 1 amide bonds. The van der Waals surface area contributed by atoms with E-state index in [0.29, 0.717) is 17.0 Å². The molecule has 0 atom stereocenters. The molecule has 0 aliphatic carbocycles. The number of hydrogen-bond donors (Lipinski definition) is 2. The highest BCUT2D eigenvalue weighted by Crippen LogP contribution is 2.15. The van der Waals surface area contributed by atoms with Crippen molar-refractivity contribution in [2.75, 3.05) is 13.2 Å². The van der Waals surface area contributed by atoms with Gasteiger partial charge in [0.2, 0.25) is 0 Å². The average Bonchev–Trinajstić information content (AvgIpc) is 2.99. The molecule has 1 aromatic heterocycles. The summed E-state index contributed by atoms with van der Waals surface area (Å²) in [5.41, 5.74) is 1.95. The minimum Gasteiger partial charge on any atom is -0.384 e. The molecule has 0 fully saturated rings. The molecule has 0 radical (unpaired) electrons. The van der Waals surface area contributed by atoms with Crippen LogP contribution in [0.2, 0.25) is 0 Å². The number of thiophene rings is 1. The normalized spacial score (nSPS) is 9.76. The van der Waals surface area contributed by atoms with Crippen LogP contribution in [0.5, 0.6) is 0 Å². The summed E-state index contributed by atoms with van der Waals surface area (Å²) >= 11 is 1.37. The van der Waals surface area contributed by atoms with Gasteiger partial charge in [-0.1, -0.05) is 42.2 Å². The molecule has 0 spiro atoms. The number of amides is 1. The van der Waals surface area contributed by atoms with Crippen LogP contribution >= 0.6 is 11.3 Å². The van der Waals surface area contributed by atoms with Crippen LogP contribution < -0.4 is 5.32 Å². The summed E-state index contributed by atoms with van der Waals surface area (Å²) in [6.07, 6.45) is 1.85. The van der Waals surface area contributed by atoms with Crippen LogP contribution in [-0.2, 0) is 6.42 Å². The van der Waals surface area contributed by atoms with Gasteiger partial charge in [-0.15, -0.1) is 11.3 Å². The Morgan fingerprint density at radius 1 is 1.24 bits per heavy atom. The third kappa shape index (κ3) is 4.75. The van der Waals surface area contributed by atoms with Crippen LogP contribution in [0.1, 0.15) is 27.2 Å². The van der Waals surface area contributed by atoms with Crippen molar-refractivity contribution in [1.82, 2.24) is 5.32 Å². The highest BCUT2D eigenvalue weighted by Gasteiger charge is 2.10. The summed E-state index contributed by atoms with van der Waals surface area (Å²) in [6, 6.07) is 12.0. The molecule has 0 saturated carbocycles. The van der Waals surface area contributed by atoms with Crippen LogP contribution in [0.15, 0.2) is 41.8 Å². The third-order valence-corrected chi connectivity index (χ3v) is 3.86. The molecular weight excluding hydrogens is 282 g/mol. The van der Waals surface area contributed by atoms with Crippen LogP contribution in [0, 0.1) is 11.8 Å². The van der Waals surface area contributed by atoms with Gasteiger partial charge in [0.25, 0.3) is 5.91 Å². The molecule has 0 aliphatic heterocycles. The van der Waals surface area contributed by atoms with E-state index >= 15 is 0 Å². The molecule has 0 unspecified atom stereocenters. The number of carbonyl (C=O) groups is 1. The molecular formula is C17H17NO2S. The second-order valence-electron chi connectivity index (χ2n) is 4.47. The highest BCUT2D eigenvalue weighted by atomic mass is 32.1. The molecule has 2 N–H and O–H groups in total. The fourth-order valence-electron chi connectivity index (χ4n) is 1.94. The Balaban J connectivity index is 1.81. The first-order valence-electron chi connectivity index (χ1n) is 6.80. The standard InChI is InChI=1S/C17H17NO2S/c19-12-5-9-15-10-13-21-16(15)17(20)18-11-4-8-14-6-2-1-3-7-14/h1-3,6-7,10,13,19H,4,8,11-12H2,(H,18,20). The fourth-order valence-corrected chi connectivity index (χ4v) is 2.70. The van der Waals surface area contributed by atoms with E-state index in [0.717, 1.165) is 12.8 Å². The van der Waals surface area contributed by atoms with Crippen LogP contribution in [0.4, 0.5) is 0 Å². The van der Waals surface area contributed by atoms with Gasteiger partial charge in [0, 0.05) is 12.1 Å². The van der Waals surface area contributed by atoms with Gasteiger partial charge in [0.15, 0.2) is 0 Å².